The van der Waals surface area contributed by atoms with Crippen molar-refractivity contribution in [2.45, 2.75) is 0 Å². The average Bonchev–Trinajstić information content (AvgIpc) is 3.15. The van der Waals surface area contributed by atoms with Gasteiger partial charge in [0.25, 0.3) is 5.91 Å². The highest BCUT2D eigenvalue weighted by atomic mass is 35.5. The molecule has 3 aromatic rings. The smallest absolute Gasteiger partial charge is 0.255 e. The third-order valence-corrected chi connectivity index (χ3v) is 3.81. The summed E-state index contributed by atoms with van der Waals surface area (Å²) in [5.74, 6) is 0.749. The van der Waals surface area contributed by atoms with Gasteiger partial charge in [0.05, 0.1) is 25.6 Å². The van der Waals surface area contributed by atoms with E-state index in [9.17, 15) is 4.79 Å². The number of nitrogens with one attached hydrogen (secondary N) is 1. The molecule has 6 nitrogen and oxygen atoms in total. The lowest BCUT2D eigenvalue weighted by Gasteiger charge is -2.13. The maximum atomic E-state index is 12.7. The van der Waals surface area contributed by atoms with Crippen LogP contribution in [0.2, 0.25) is 5.02 Å². The first kappa shape index (κ1) is 16.9. The fourth-order valence-corrected chi connectivity index (χ4v) is 2.52. The van der Waals surface area contributed by atoms with Gasteiger partial charge in [-0.15, -0.1) is 0 Å². The predicted molar refractivity (Wildman–Crippen MR) is 96.1 cm³/mol. The van der Waals surface area contributed by atoms with Gasteiger partial charge in [-0.3, -0.25) is 4.79 Å². The molecule has 1 aromatic heterocycles. The third kappa shape index (κ3) is 3.75. The van der Waals surface area contributed by atoms with Crippen molar-refractivity contribution >= 4 is 23.2 Å². The van der Waals surface area contributed by atoms with Crippen LogP contribution in [0.15, 0.2) is 54.9 Å². The second-order valence-electron chi connectivity index (χ2n) is 5.17. The van der Waals surface area contributed by atoms with Gasteiger partial charge < -0.3 is 14.8 Å². The lowest BCUT2D eigenvalue weighted by molar-refractivity contribution is 0.102. The molecule has 2 aromatic carbocycles. The van der Waals surface area contributed by atoms with Crippen LogP contribution >= 0.6 is 11.6 Å². The predicted octanol–water partition coefficient (Wildman–Crippen LogP) is 3.80. The molecule has 0 spiro atoms. The molecular weight excluding hydrogens is 342 g/mol. The van der Waals surface area contributed by atoms with E-state index in [1.54, 1.807) is 59.5 Å². The van der Waals surface area contributed by atoms with E-state index in [0.717, 1.165) is 0 Å². The van der Waals surface area contributed by atoms with E-state index in [1.807, 2.05) is 0 Å². The number of hydrogen-bond acceptors (Lipinski definition) is 4. The summed E-state index contributed by atoms with van der Waals surface area (Å²) in [6.07, 6.45) is 3.45. The molecule has 0 saturated heterocycles. The Labute approximate surface area is 149 Å². The highest BCUT2D eigenvalue weighted by molar-refractivity contribution is 6.31. The molecule has 0 fully saturated rings. The molecule has 1 amide bonds. The van der Waals surface area contributed by atoms with Crippen molar-refractivity contribution in [3.8, 4) is 17.2 Å². The number of methoxy groups -OCH3 is 2. The van der Waals surface area contributed by atoms with E-state index in [2.05, 4.69) is 10.4 Å². The summed E-state index contributed by atoms with van der Waals surface area (Å²) in [7, 11) is 3.06. The van der Waals surface area contributed by atoms with Gasteiger partial charge in [0.1, 0.15) is 11.5 Å². The first-order chi connectivity index (χ1) is 12.1. The van der Waals surface area contributed by atoms with Gasteiger partial charge in [0.15, 0.2) is 0 Å². The van der Waals surface area contributed by atoms with Gasteiger partial charge >= 0.3 is 0 Å². The van der Waals surface area contributed by atoms with Crippen LogP contribution < -0.4 is 14.8 Å². The fourth-order valence-electron chi connectivity index (χ4n) is 2.35. The minimum Gasteiger partial charge on any atom is -0.497 e. The van der Waals surface area contributed by atoms with Gasteiger partial charge in [0.2, 0.25) is 0 Å². The summed E-state index contributed by atoms with van der Waals surface area (Å²) in [6.45, 7) is 0. The second-order valence-corrected chi connectivity index (χ2v) is 5.60. The lowest BCUT2D eigenvalue weighted by atomic mass is 10.1. The minimum absolute atomic E-state index is 0.312. The van der Waals surface area contributed by atoms with Gasteiger partial charge in [-0.05, 0) is 36.4 Å². The molecule has 3 rings (SSSR count). The van der Waals surface area contributed by atoms with Crippen LogP contribution in [0.5, 0.6) is 11.5 Å². The Hall–Kier alpha value is -2.99. The van der Waals surface area contributed by atoms with Gasteiger partial charge in [-0.2, -0.15) is 5.10 Å². The standard InChI is InChI=1S/C18H16ClN3O3/c1-24-14-8-12(9-15(11-14)25-2)18(23)21-16-10-13(19)4-5-17(16)22-7-3-6-20-22/h3-11H,1-2H3,(H,21,23). The van der Waals surface area contributed by atoms with Crippen molar-refractivity contribution in [3.63, 3.8) is 0 Å². The van der Waals surface area contributed by atoms with E-state index < -0.39 is 0 Å². The topological polar surface area (TPSA) is 65.4 Å². The number of nitrogens with zero attached hydrogens (tertiary/aromatic N) is 2. The van der Waals surface area contributed by atoms with Crippen molar-refractivity contribution in [1.29, 1.82) is 0 Å². The van der Waals surface area contributed by atoms with Crippen LogP contribution in [0.3, 0.4) is 0 Å². The number of carbonyl (C=O) groups excluding carboxylic acids is 1. The largest absolute Gasteiger partial charge is 0.497 e. The van der Waals surface area contributed by atoms with E-state index in [0.29, 0.717) is 33.5 Å². The van der Waals surface area contributed by atoms with Crippen molar-refractivity contribution in [1.82, 2.24) is 9.78 Å². The highest BCUT2D eigenvalue weighted by Gasteiger charge is 2.14. The SMILES string of the molecule is COc1cc(OC)cc(C(=O)Nc2cc(Cl)ccc2-n2cccn2)c1. The van der Waals surface area contributed by atoms with Crippen LogP contribution in [0.25, 0.3) is 5.69 Å². The zero-order valence-corrected chi connectivity index (χ0v) is 14.4. The number of amides is 1. The van der Waals surface area contributed by atoms with E-state index in [4.69, 9.17) is 21.1 Å². The Morgan fingerprint density at radius 2 is 1.84 bits per heavy atom. The number of rotatable bonds is 5. The Morgan fingerprint density at radius 1 is 1.12 bits per heavy atom. The number of aromatic nitrogens is 2. The molecular formula is C18H16ClN3O3. The number of anilines is 1. The molecule has 0 radical (unpaired) electrons. The number of halogens is 1. The van der Waals surface area contributed by atoms with Crippen molar-refractivity contribution < 1.29 is 14.3 Å². The van der Waals surface area contributed by atoms with Crippen LogP contribution in [0, 0.1) is 0 Å². The van der Waals surface area contributed by atoms with Gasteiger partial charge in [-0.1, -0.05) is 11.6 Å². The monoisotopic (exact) mass is 357 g/mol. The normalized spacial score (nSPS) is 10.4. The Kier molecular flexibility index (Phi) is 4.90. The first-order valence-electron chi connectivity index (χ1n) is 7.44. The number of benzene rings is 2. The lowest BCUT2D eigenvalue weighted by Crippen LogP contribution is -2.14. The number of carbonyl (C=O) groups is 1. The maximum Gasteiger partial charge on any atom is 0.255 e. The first-order valence-corrected chi connectivity index (χ1v) is 7.82. The summed E-state index contributed by atoms with van der Waals surface area (Å²) < 4.78 is 12.1. The van der Waals surface area contributed by atoms with Crippen molar-refractivity contribution in [3.05, 3.63) is 65.4 Å². The molecule has 25 heavy (non-hydrogen) atoms. The van der Waals surface area contributed by atoms with Crippen LogP contribution in [-0.2, 0) is 0 Å². The molecule has 0 aliphatic heterocycles. The molecule has 0 unspecified atom stereocenters. The van der Waals surface area contributed by atoms with Crippen LogP contribution in [-0.4, -0.2) is 29.9 Å². The summed E-state index contributed by atoms with van der Waals surface area (Å²) in [4.78, 5) is 12.7. The van der Waals surface area contributed by atoms with E-state index in [1.165, 1.54) is 14.2 Å². The molecule has 0 saturated carbocycles. The van der Waals surface area contributed by atoms with Crippen LogP contribution in [0.4, 0.5) is 5.69 Å². The summed E-state index contributed by atoms with van der Waals surface area (Å²) in [5, 5.41) is 7.57. The quantitative estimate of drug-likeness (QED) is 0.754. The third-order valence-electron chi connectivity index (χ3n) is 3.57. The molecule has 0 aliphatic carbocycles. The summed E-state index contributed by atoms with van der Waals surface area (Å²) in [6, 6.07) is 12.0. The molecule has 0 atom stereocenters. The molecule has 1 N–H and O–H groups in total. The number of hydrogen-bond donors (Lipinski definition) is 1. The summed E-state index contributed by atoms with van der Waals surface area (Å²) in [5.41, 5.74) is 1.66. The zero-order chi connectivity index (χ0) is 17.8. The van der Waals surface area contributed by atoms with Crippen LogP contribution in [0.1, 0.15) is 10.4 Å². The molecule has 128 valence electrons. The molecule has 0 bridgehead atoms. The number of ether oxygens (including phenoxy) is 2. The maximum absolute atomic E-state index is 12.7. The van der Waals surface area contributed by atoms with E-state index >= 15 is 0 Å². The molecule has 1 heterocycles. The van der Waals surface area contributed by atoms with Gasteiger partial charge in [-0.25, -0.2) is 4.68 Å². The van der Waals surface area contributed by atoms with E-state index in [-0.39, 0.29) is 5.91 Å². The Bertz CT molecular complexity index is 872. The average molecular weight is 358 g/mol. The Balaban J connectivity index is 1.95. The molecule has 7 heteroatoms. The second kappa shape index (κ2) is 7.27. The van der Waals surface area contributed by atoms with Crippen molar-refractivity contribution in [2.24, 2.45) is 0 Å². The Morgan fingerprint density at radius 3 is 2.44 bits per heavy atom. The van der Waals surface area contributed by atoms with Crippen molar-refractivity contribution in [2.75, 3.05) is 19.5 Å². The highest BCUT2D eigenvalue weighted by Crippen LogP contribution is 2.27. The fraction of sp³-hybridized carbons (Fsp3) is 0.111. The molecule has 0 aliphatic rings. The zero-order valence-electron chi connectivity index (χ0n) is 13.7. The van der Waals surface area contributed by atoms with Gasteiger partial charge in [0, 0.05) is 29.0 Å². The minimum atomic E-state index is -0.312. The summed E-state index contributed by atoms with van der Waals surface area (Å²) >= 11 is 6.08.